The van der Waals surface area contributed by atoms with Crippen molar-refractivity contribution in [3.05, 3.63) is 40.0 Å². The molecule has 0 radical (unpaired) electrons. The largest absolute Gasteiger partial charge is 0.377 e. The number of aromatic nitrogens is 4. The molecule has 3 rings (SSSR count). The van der Waals surface area contributed by atoms with E-state index in [0.717, 1.165) is 33.6 Å². The molecule has 0 bridgehead atoms. The van der Waals surface area contributed by atoms with E-state index >= 15 is 0 Å². The summed E-state index contributed by atoms with van der Waals surface area (Å²) in [5, 5.41) is 3.51. The Balaban J connectivity index is 2.29. The lowest BCUT2D eigenvalue weighted by Gasteiger charge is -2.15. The van der Waals surface area contributed by atoms with Gasteiger partial charge in [0, 0.05) is 24.0 Å². The van der Waals surface area contributed by atoms with Gasteiger partial charge in [-0.3, -0.25) is 4.68 Å². The Hall–Kier alpha value is -2.35. The van der Waals surface area contributed by atoms with E-state index in [-0.39, 0.29) is 5.16 Å². The summed E-state index contributed by atoms with van der Waals surface area (Å²) in [5.41, 5.74) is 6.90. The summed E-state index contributed by atoms with van der Waals surface area (Å²) in [7, 11) is -2.50. The SMILES string of the molecule is Cc1c(C)c(C)n2c(C)c(C)c(OS(=O)(=O)c3ncn(C)n3)c2c1C. The number of hydrogen-bond donors (Lipinski definition) is 0. The molecule has 0 N–H and O–H groups in total. The zero-order valence-corrected chi connectivity index (χ0v) is 16.3. The first-order chi connectivity index (χ1) is 11.6. The second-order valence-corrected chi connectivity index (χ2v) is 7.86. The maximum Gasteiger partial charge on any atom is 0.377 e. The monoisotopic (exact) mass is 362 g/mol. The molecular weight excluding hydrogens is 340 g/mol. The lowest BCUT2D eigenvalue weighted by Crippen LogP contribution is -2.13. The van der Waals surface area contributed by atoms with Crippen LogP contribution in [0, 0.1) is 41.5 Å². The third-order valence-corrected chi connectivity index (χ3v) is 6.03. The molecule has 3 aromatic rings. The molecule has 0 aliphatic heterocycles. The number of nitrogens with zero attached hydrogens (tertiary/aromatic N) is 4. The predicted octanol–water partition coefficient (Wildman–Crippen LogP) is 2.69. The lowest BCUT2D eigenvalue weighted by molar-refractivity contribution is 0.477. The van der Waals surface area contributed by atoms with Crippen LogP contribution in [0.1, 0.15) is 33.6 Å². The minimum absolute atomic E-state index is 0.341. The zero-order chi connectivity index (χ0) is 18.7. The summed E-state index contributed by atoms with van der Waals surface area (Å²) < 4.78 is 34.1. The van der Waals surface area contributed by atoms with Crippen LogP contribution in [0.4, 0.5) is 0 Å². The molecule has 3 heterocycles. The molecule has 25 heavy (non-hydrogen) atoms. The molecule has 3 aromatic heterocycles. The number of hydrogen-bond acceptors (Lipinski definition) is 5. The second-order valence-electron chi connectivity index (χ2n) is 6.42. The predicted molar refractivity (Wildman–Crippen MR) is 94.6 cm³/mol. The van der Waals surface area contributed by atoms with E-state index in [9.17, 15) is 8.42 Å². The van der Waals surface area contributed by atoms with Crippen molar-refractivity contribution in [3.8, 4) is 5.75 Å². The van der Waals surface area contributed by atoms with Crippen LogP contribution in [0.15, 0.2) is 11.5 Å². The number of fused-ring (bicyclic) bond motifs is 1. The van der Waals surface area contributed by atoms with Gasteiger partial charge in [0.1, 0.15) is 6.33 Å². The van der Waals surface area contributed by atoms with Gasteiger partial charge in [0.25, 0.3) is 0 Å². The van der Waals surface area contributed by atoms with Crippen LogP contribution >= 0.6 is 0 Å². The Bertz CT molecular complexity index is 1110. The highest BCUT2D eigenvalue weighted by atomic mass is 32.2. The summed E-state index contributed by atoms with van der Waals surface area (Å²) in [6.07, 6.45) is 1.33. The minimum atomic E-state index is -4.10. The van der Waals surface area contributed by atoms with Crippen LogP contribution in [0.2, 0.25) is 0 Å². The quantitative estimate of drug-likeness (QED) is 0.670. The van der Waals surface area contributed by atoms with Crippen LogP contribution in [-0.4, -0.2) is 27.6 Å². The lowest BCUT2D eigenvalue weighted by atomic mass is 10.0. The van der Waals surface area contributed by atoms with Gasteiger partial charge < -0.3 is 8.58 Å². The molecular formula is C17H22N4O3S. The van der Waals surface area contributed by atoms with Gasteiger partial charge in [0.05, 0.1) is 5.52 Å². The minimum Gasteiger partial charge on any atom is -0.374 e. The van der Waals surface area contributed by atoms with Crippen LogP contribution in [0.25, 0.3) is 5.52 Å². The van der Waals surface area contributed by atoms with Crippen molar-refractivity contribution in [1.29, 1.82) is 0 Å². The van der Waals surface area contributed by atoms with Gasteiger partial charge in [-0.15, -0.1) is 5.10 Å². The van der Waals surface area contributed by atoms with Crippen molar-refractivity contribution in [1.82, 2.24) is 19.2 Å². The highest BCUT2D eigenvalue weighted by molar-refractivity contribution is 7.86. The van der Waals surface area contributed by atoms with Gasteiger partial charge in [-0.25, -0.2) is 4.98 Å². The normalized spacial score (nSPS) is 12.1. The molecule has 0 aromatic carbocycles. The Morgan fingerprint density at radius 2 is 1.52 bits per heavy atom. The third-order valence-electron chi connectivity index (χ3n) is 5.01. The van der Waals surface area contributed by atoms with E-state index in [4.69, 9.17) is 4.18 Å². The first kappa shape index (κ1) is 17.5. The van der Waals surface area contributed by atoms with E-state index < -0.39 is 10.1 Å². The molecule has 134 valence electrons. The fourth-order valence-corrected chi connectivity index (χ4v) is 4.02. The highest BCUT2D eigenvalue weighted by Crippen LogP contribution is 2.37. The van der Waals surface area contributed by atoms with Gasteiger partial charge in [-0.05, 0) is 58.2 Å². The molecule has 7 nitrogen and oxygen atoms in total. The van der Waals surface area contributed by atoms with Crippen molar-refractivity contribution >= 4 is 15.6 Å². The molecule has 0 amide bonds. The van der Waals surface area contributed by atoms with E-state index in [1.807, 2.05) is 34.6 Å². The topological polar surface area (TPSA) is 78.5 Å². The summed E-state index contributed by atoms with van der Waals surface area (Å²) in [5.74, 6) is 0.341. The molecule has 8 heteroatoms. The van der Waals surface area contributed by atoms with Crippen LogP contribution in [-0.2, 0) is 17.2 Å². The Kier molecular flexibility index (Phi) is 3.90. The first-order valence-corrected chi connectivity index (χ1v) is 9.35. The van der Waals surface area contributed by atoms with Gasteiger partial charge >= 0.3 is 15.3 Å². The average Bonchev–Trinajstić information content (AvgIpc) is 3.08. The summed E-state index contributed by atoms with van der Waals surface area (Å²) in [6, 6.07) is 0. The van der Waals surface area contributed by atoms with Gasteiger partial charge in [0.2, 0.25) is 0 Å². The summed E-state index contributed by atoms with van der Waals surface area (Å²) >= 11 is 0. The summed E-state index contributed by atoms with van der Waals surface area (Å²) in [4.78, 5) is 3.80. The van der Waals surface area contributed by atoms with Crippen LogP contribution in [0.5, 0.6) is 5.75 Å². The Labute approximate surface area is 147 Å². The molecule has 0 saturated heterocycles. The maximum atomic E-state index is 12.6. The standard InChI is InChI=1S/C17H22N4O3S/c1-9-10(2)13(5)21-14(6)12(4)16(15(21)11(9)3)24-25(22,23)17-18-8-20(7)19-17/h8H,1-7H3. The fraction of sp³-hybridized carbons (Fsp3) is 0.412. The first-order valence-electron chi connectivity index (χ1n) is 7.94. The van der Waals surface area contributed by atoms with Gasteiger partial charge in [0.15, 0.2) is 5.75 Å². The smallest absolute Gasteiger partial charge is 0.374 e. The van der Waals surface area contributed by atoms with Crippen molar-refractivity contribution in [2.45, 2.75) is 46.7 Å². The molecule has 0 atom stereocenters. The molecule has 0 spiro atoms. The highest BCUT2D eigenvalue weighted by Gasteiger charge is 2.27. The van der Waals surface area contributed by atoms with Crippen molar-refractivity contribution < 1.29 is 12.6 Å². The molecule has 0 saturated carbocycles. The third kappa shape index (κ3) is 2.52. The average molecular weight is 362 g/mol. The van der Waals surface area contributed by atoms with Gasteiger partial charge in [-0.2, -0.15) is 8.42 Å². The van der Waals surface area contributed by atoms with Crippen LogP contribution in [0.3, 0.4) is 0 Å². The van der Waals surface area contributed by atoms with Crippen molar-refractivity contribution in [2.24, 2.45) is 7.05 Å². The van der Waals surface area contributed by atoms with Crippen molar-refractivity contribution in [2.75, 3.05) is 0 Å². The fourth-order valence-electron chi connectivity index (χ4n) is 3.12. The van der Waals surface area contributed by atoms with Crippen LogP contribution < -0.4 is 4.18 Å². The van der Waals surface area contributed by atoms with E-state index in [2.05, 4.69) is 21.4 Å². The summed E-state index contributed by atoms with van der Waals surface area (Å²) in [6.45, 7) is 11.9. The Morgan fingerprint density at radius 1 is 0.920 bits per heavy atom. The number of rotatable bonds is 3. The van der Waals surface area contributed by atoms with E-state index in [1.165, 1.54) is 16.6 Å². The molecule has 0 unspecified atom stereocenters. The van der Waals surface area contributed by atoms with E-state index in [1.54, 1.807) is 7.05 Å². The van der Waals surface area contributed by atoms with Crippen molar-refractivity contribution in [3.63, 3.8) is 0 Å². The molecule has 0 aliphatic rings. The number of aryl methyl sites for hydroxylation is 4. The molecule has 0 fully saturated rings. The molecule has 0 aliphatic carbocycles. The maximum absolute atomic E-state index is 12.6. The number of pyridine rings is 1. The Morgan fingerprint density at radius 3 is 2.08 bits per heavy atom. The second kappa shape index (κ2) is 5.59. The van der Waals surface area contributed by atoms with E-state index in [0.29, 0.717) is 5.75 Å². The zero-order valence-electron chi connectivity index (χ0n) is 15.5. The van der Waals surface area contributed by atoms with Gasteiger partial charge in [-0.1, -0.05) is 0 Å².